The SMILES string of the molecule is O=C1C(=O)N(CCCN2CCOCC2)[C@H](c2ccc(F)cc2)/C1=C(\O)c1ccc2c(c1)OCCO2. The fourth-order valence-corrected chi connectivity index (χ4v) is 4.74. The number of hydrogen-bond donors (Lipinski definition) is 1. The van der Waals surface area contributed by atoms with Gasteiger partial charge in [0.25, 0.3) is 11.7 Å². The summed E-state index contributed by atoms with van der Waals surface area (Å²) in [5, 5.41) is 11.2. The Kier molecular flexibility index (Phi) is 6.70. The lowest BCUT2D eigenvalue weighted by Crippen LogP contribution is -2.38. The lowest BCUT2D eigenvalue weighted by atomic mass is 9.95. The van der Waals surface area contributed by atoms with Gasteiger partial charge >= 0.3 is 0 Å². The number of ketones is 1. The highest BCUT2D eigenvalue weighted by atomic mass is 19.1. The van der Waals surface area contributed by atoms with Gasteiger partial charge in [-0.25, -0.2) is 4.39 Å². The van der Waals surface area contributed by atoms with E-state index < -0.39 is 23.5 Å². The minimum absolute atomic E-state index is 0.0235. The number of carbonyl (C=O) groups excluding carboxylic acids is 2. The van der Waals surface area contributed by atoms with E-state index in [9.17, 15) is 19.1 Å². The first-order valence-corrected chi connectivity index (χ1v) is 11.8. The third-order valence-electron chi connectivity index (χ3n) is 6.52. The molecule has 9 heteroatoms. The first-order chi connectivity index (χ1) is 17.0. The highest BCUT2D eigenvalue weighted by Gasteiger charge is 2.46. The highest BCUT2D eigenvalue weighted by molar-refractivity contribution is 6.46. The van der Waals surface area contributed by atoms with Crippen molar-refractivity contribution in [1.82, 2.24) is 9.80 Å². The molecule has 3 aliphatic heterocycles. The van der Waals surface area contributed by atoms with Crippen LogP contribution < -0.4 is 9.47 Å². The van der Waals surface area contributed by atoms with Crippen molar-refractivity contribution in [1.29, 1.82) is 0 Å². The fourth-order valence-electron chi connectivity index (χ4n) is 4.74. The molecule has 0 bridgehead atoms. The third kappa shape index (κ3) is 4.74. The molecule has 35 heavy (non-hydrogen) atoms. The van der Waals surface area contributed by atoms with Crippen molar-refractivity contribution in [3.8, 4) is 11.5 Å². The van der Waals surface area contributed by atoms with Crippen molar-refractivity contribution in [2.24, 2.45) is 0 Å². The number of carbonyl (C=O) groups is 2. The number of ether oxygens (including phenoxy) is 3. The number of likely N-dealkylation sites (tertiary alicyclic amines) is 1. The largest absolute Gasteiger partial charge is 0.507 e. The molecule has 5 rings (SSSR count). The molecule has 0 spiro atoms. The zero-order valence-corrected chi connectivity index (χ0v) is 19.2. The van der Waals surface area contributed by atoms with E-state index in [4.69, 9.17) is 14.2 Å². The average Bonchev–Trinajstić information content (AvgIpc) is 3.14. The topological polar surface area (TPSA) is 88.5 Å². The van der Waals surface area contributed by atoms with Crippen LogP contribution in [-0.4, -0.2) is 79.2 Å². The minimum Gasteiger partial charge on any atom is -0.507 e. The molecule has 1 N–H and O–H groups in total. The van der Waals surface area contributed by atoms with Gasteiger partial charge in [-0.05, 0) is 42.3 Å². The maximum Gasteiger partial charge on any atom is 0.295 e. The number of Topliss-reactive ketones (excluding diaryl/α,β-unsaturated/α-hetero) is 1. The summed E-state index contributed by atoms with van der Waals surface area (Å²) in [6, 6.07) is 9.70. The summed E-state index contributed by atoms with van der Waals surface area (Å²) in [5.74, 6) is -1.17. The van der Waals surface area contributed by atoms with Gasteiger partial charge in [0, 0.05) is 31.7 Å². The predicted molar refractivity (Wildman–Crippen MR) is 125 cm³/mol. The normalized spacial score (nSPS) is 22.0. The maximum absolute atomic E-state index is 13.7. The molecular formula is C26H27FN2O6. The highest BCUT2D eigenvalue weighted by Crippen LogP contribution is 2.41. The number of rotatable bonds is 6. The molecule has 1 amide bonds. The monoisotopic (exact) mass is 482 g/mol. The Balaban J connectivity index is 1.48. The van der Waals surface area contributed by atoms with Crippen molar-refractivity contribution in [2.75, 3.05) is 52.6 Å². The second-order valence-electron chi connectivity index (χ2n) is 8.71. The van der Waals surface area contributed by atoms with E-state index in [1.165, 1.54) is 29.2 Å². The molecule has 2 fully saturated rings. The minimum atomic E-state index is -0.825. The first-order valence-electron chi connectivity index (χ1n) is 11.8. The van der Waals surface area contributed by atoms with Crippen LogP contribution in [0.5, 0.6) is 11.5 Å². The Morgan fingerprint density at radius 1 is 0.943 bits per heavy atom. The molecule has 0 aliphatic carbocycles. The summed E-state index contributed by atoms with van der Waals surface area (Å²) in [6.45, 7) is 4.88. The first kappa shape index (κ1) is 23.3. The number of benzene rings is 2. The summed E-state index contributed by atoms with van der Waals surface area (Å²) in [4.78, 5) is 30.0. The lowest BCUT2D eigenvalue weighted by Gasteiger charge is -2.29. The molecule has 0 saturated carbocycles. The number of hydrogen-bond acceptors (Lipinski definition) is 7. The molecule has 3 heterocycles. The molecule has 2 aromatic carbocycles. The standard InChI is InChI=1S/C26H27FN2O6/c27-19-5-2-17(3-6-19)23-22(24(30)18-4-7-20-21(16-18)35-15-14-34-20)25(31)26(32)29(23)9-1-8-28-10-12-33-13-11-28/h2-7,16,23,30H,1,8-15H2/b24-22+/t23-/m1/s1. The molecule has 2 aromatic rings. The number of morpholine rings is 1. The van der Waals surface area contributed by atoms with Gasteiger partial charge < -0.3 is 24.2 Å². The van der Waals surface area contributed by atoms with Crippen molar-refractivity contribution >= 4 is 17.4 Å². The van der Waals surface area contributed by atoms with Crippen LogP contribution in [0.1, 0.15) is 23.6 Å². The molecule has 1 atom stereocenters. The number of nitrogens with zero attached hydrogens (tertiary/aromatic N) is 2. The van der Waals surface area contributed by atoms with E-state index in [2.05, 4.69) is 4.90 Å². The van der Waals surface area contributed by atoms with E-state index in [1.54, 1.807) is 18.2 Å². The maximum atomic E-state index is 13.7. The van der Waals surface area contributed by atoms with Crippen LogP contribution in [0.25, 0.3) is 5.76 Å². The second-order valence-corrected chi connectivity index (χ2v) is 8.71. The van der Waals surface area contributed by atoms with Crippen LogP contribution in [0.15, 0.2) is 48.0 Å². The van der Waals surface area contributed by atoms with Gasteiger partial charge in [0.1, 0.15) is 24.8 Å². The molecule has 3 aliphatic rings. The summed E-state index contributed by atoms with van der Waals surface area (Å²) in [7, 11) is 0. The summed E-state index contributed by atoms with van der Waals surface area (Å²) >= 11 is 0. The number of fused-ring (bicyclic) bond motifs is 1. The van der Waals surface area contributed by atoms with Crippen LogP contribution in [0.3, 0.4) is 0 Å². The third-order valence-corrected chi connectivity index (χ3v) is 6.52. The number of aliphatic hydroxyl groups excluding tert-OH is 1. The van der Waals surface area contributed by atoms with Crippen LogP contribution in [0.2, 0.25) is 0 Å². The lowest BCUT2D eigenvalue weighted by molar-refractivity contribution is -0.140. The molecule has 8 nitrogen and oxygen atoms in total. The van der Waals surface area contributed by atoms with Crippen LogP contribution in [0.4, 0.5) is 4.39 Å². The Morgan fingerprint density at radius 2 is 1.66 bits per heavy atom. The molecule has 184 valence electrons. The molecule has 0 aromatic heterocycles. The Hall–Kier alpha value is -3.43. The average molecular weight is 483 g/mol. The summed E-state index contributed by atoms with van der Waals surface area (Å²) < 4.78 is 30.2. The Morgan fingerprint density at radius 3 is 2.40 bits per heavy atom. The van der Waals surface area contributed by atoms with E-state index in [0.717, 1.165) is 19.6 Å². The van der Waals surface area contributed by atoms with Crippen molar-refractivity contribution in [3.05, 3.63) is 65.0 Å². The van der Waals surface area contributed by atoms with E-state index >= 15 is 0 Å². The molecule has 0 radical (unpaired) electrons. The summed E-state index contributed by atoms with van der Waals surface area (Å²) in [5.41, 5.74) is 0.869. The van der Waals surface area contributed by atoms with Crippen LogP contribution in [0, 0.1) is 5.82 Å². The fraction of sp³-hybridized carbons (Fsp3) is 0.385. The van der Waals surface area contributed by atoms with Crippen LogP contribution in [-0.2, 0) is 14.3 Å². The van der Waals surface area contributed by atoms with E-state index in [0.29, 0.717) is 62.0 Å². The molecular weight excluding hydrogens is 455 g/mol. The molecule has 2 saturated heterocycles. The van der Waals surface area contributed by atoms with Gasteiger partial charge in [-0.15, -0.1) is 0 Å². The van der Waals surface area contributed by atoms with Gasteiger partial charge in [0.15, 0.2) is 11.5 Å². The Bertz CT molecular complexity index is 1140. The number of aliphatic hydroxyl groups is 1. The van der Waals surface area contributed by atoms with Gasteiger partial charge in [-0.2, -0.15) is 0 Å². The second kappa shape index (κ2) is 10.1. The smallest absolute Gasteiger partial charge is 0.295 e. The van der Waals surface area contributed by atoms with Crippen molar-refractivity contribution < 1.29 is 33.3 Å². The van der Waals surface area contributed by atoms with E-state index in [1.807, 2.05) is 0 Å². The number of halogens is 1. The van der Waals surface area contributed by atoms with Crippen LogP contribution >= 0.6 is 0 Å². The molecule has 0 unspecified atom stereocenters. The van der Waals surface area contributed by atoms with Gasteiger partial charge in [-0.3, -0.25) is 14.5 Å². The van der Waals surface area contributed by atoms with E-state index in [-0.39, 0.29) is 11.3 Å². The van der Waals surface area contributed by atoms with Gasteiger partial charge in [0.2, 0.25) is 0 Å². The predicted octanol–water partition coefficient (Wildman–Crippen LogP) is 2.74. The number of amides is 1. The van der Waals surface area contributed by atoms with Gasteiger partial charge in [0.05, 0.1) is 24.8 Å². The quantitative estimate of drug-likeness (QED) is 0.385. The summed E-state index contributed by atoms with van der Waals surface area (Å²) in [6.07, 6.45) is 0.648. The van der Waals surface area contributed by atoms with Gasteiger partial charge in [-0.1, -0.05) is 12.1 Å². The zero-order chi connectivity index (χ0) is 24.4. The van der Waals surface area contributed by atoms with Crippen molar-refractivity contribution in [2.45, 2.75) is 12.5 Å². The zero-order valence-electron chi connectivity index (χ0n) is 19.2. The Labute approximate surface area is 202 Å². The van der Waals surface area contributed by atoms with Crippen molar-refractivity contribution in [3.63, 3.8) is 0 Å².